The molecule has 0 fully saturated rings. The molecule has 0 saturated heterocycles. The highest BCUT2D eigenvalue weighted by molar-refractivity contribution is 7.91. The average Bonchev–Trinajstić information content (AvgIpc) is 3.40. The lowest BCUT2D eigenvalue weighted by Gasteiger charge is -2.16. The van der Waals surface area contributed by atoms with E-state index in [1.165, 1.54) is 48.9 Å². The zero-order valence-corrected chi connectivity index (χ0v) is 16.6. The number of amides is 2. The van der Waals surface area contributed by atoms with E-state index in [9.17, 15) is 18.0 Å². The Morgan fingerprint density at radius 3 is 2.21 bits per heavy atom. The molecule has 0 bridgehead atoms. The molecule has 2 heterocycles. The fourth-order valence-corrected chi connectivity index (χ4v) is 4.27. The summed E-state index contributed by atoms with van der Waals surface area (Å²) in [7, 11) is -3.92. The van der Waals surface area contributed by atoms with Gasteiger partial charge in [0.05, 0.1) is 24.0 Å². The maximum absolute atomic E-state index is 13.0. The lowest BCUT2D eigenvalue weighted by Crippen LogP contribution is -2.42. The monoisotopic (exact) mass is 436 g/mol. The molecule has 29 heavy (non-hydrogen) atoms. The summed E-state index contributed by atoms with van der Waals surface area (Å²) in [5, 5.41) is 3.90. The quantitative estimate of drug-likeness (QED) is 0.549. The molecule has 1 unspecified atom stereocenters. The molecular formula is C19H17ClN2O6S. The Hall–Kier alpha value is -3.04. The summed E-state index contributed by atoms with van der Waals surface area (Å²) in [6, 6.07) is 12.0. The molecule has 3 rings (SSSR count). The summed E-state index contributed by atoms with van der Waals surface area (Å²) in [5.41, 5.74) is 0. The van der Waals surface area contributed by atoms with Crippen LogP contribution in [0.4, 0.5) is 0 Å². The number of furan rings is 2. The van der Waals surface area contributed by atoms with Gasteiger partial charge in [0.15, 0.2) is 9.84 Å². The molecule has 0 aliphatic carbocycles. The lowest BCUT2D eigenvalue weighted by atomic mass is 10.3. The first-order valence-electron chi connectivity index (χ1n) is 8.49. The summed E-state index contributed by atoms with van der Waals surface area (Å²) < 4.78 is 36.4. The van der Waals surface area contributed by atoms with Crippen molar-refractivity contribution in [1.29, 1.82) is 0 Å². The largest absolute Gasteiger partial charge is 0.468 e. The number of rotatable bonds is 7. The normalized spacial score (nSPS) is 12.3. The molecule has 2 aromatic heterocycles. The first-order valence-corrected chi connectivity index (χ1v) is 10.4. The standard InChI is InChI=1S/C19H17ClN2O6S/c20-13-5-7-15(8-6-13)29(25,26)17(16-4-2-10-28-16)12-22-19(24)18(23)21-11-14-3-1-9-27-14/h1-10,17H,11-12H2,(H,21,23)(H,22,24). The minimum atomic E-state index is -3.92. The molecule has 2 N–H and O–H groups in total. The van der Waals surface area contributed by atoms with Crippen molar-refractivity contribution in [2.75, 3.05) is 6.54 Å². The van der Waals surface area contributed by atoms with E-state index in [1.807, 2.05) is 0 Å². The van der Waals surface area contributed by atoms with Crippen LogP contribution in [-0.4, -0.2) is 26.8 Å². The lowest BCUT2D eigenvalue weighted by molar-refractivity contribution is -0.139. The molecule has 10 heteroatoms. The third-order valence-corrected chi connectivity index (χ3v) is 6.36. The molecule has 0 spiro atoms. The Balaban J connectivity index is 1.70. The van der Waals surface area contributed by atoms with Gasteiger partial charge in [-0.2, -0.15) is 0 Å². The van der Waals surface area contributed by atoms with Gasteiger partial charge in [-0.3, -0.25) is 9.59 Å². The maximum Gasteiger partial charge on any atom is 0.309 e. The zero-order valence-electron chi connectivity index (χ0n) is 15.0. The number of carbonyl (C=O) groups is 2. The molecule has 0 radical (unpaired) electrons. The molecule has 152 valence electrons. The van der Waals surface area contributed by atoms with Gasteiger partial charge < -0.3 is 19.5 Å². The molecule has 1 aromatic carbocycles. The number of hydrogen-bond acceptors (Lipinski definition) is 6. The molecule has 0 saturated carbocycles. The van der Waals surface area contributed by atoms with Crippen molar-refractivity contribution in [3.8, 4) is 0 Å². The Kier molecular flexibility index (Phi) is 6.40. The Labute approximate surface area is 171 Å². The van der Waals surface area contributed by atoms with E-state index in [1.54, 1.807) is 12.1 Å². The van der Waals surface area contributed by atoms with E-state index in [-0.39, 0.29) is 23.7 Å². The van der Waals surface area contributed by atoms with Crippen molar-refractivity contribution >= 4 is 33.3 Å². The van der Waals surface area contributed by atoms with Gasteiger partial charge in [0, 0.05) is 11.6 Å². The van der Waals surface area contributed by atoms with Gasteiger partial charge in [0.25, 0.3) is 0 Å². The van der Waals surface area contributed by atoms with Gasteiger partial charge in [-0.1, -0.05) is 11.6 Å². The summed E-state index contributed by atoms with van der Waals surface area (Å²) in [5.74, 6) is -1.27. The van der Waals surface area contributed by atoms with Crippen LogP contribution >= 0.6 is 11.6 Å². The van der Waals surface area contributed by atoms with E-state index >= 15 is 0 Å². The third kappa shape index (κ3) is 5.07. The Morgan fingerprint density at radius 1 is 0.931 bits per heavy atom. The van der Waals surface area contributed by atoms with Crippen molar-refractivity contribution in [2.24, 2.45) is 0 Å². The smallest absolute Gasteiger partial charge is 0.309 e. The number of benzene rings is 1. The van der Waals surface area contributed by atoms with Gasteiger partial charge in [-0.15, -0.1) is 0 Å². The maximum atomic E-state index is 13.0. The number of hydrogen-bond donors (Lipinski definition) is 2. The van der Waals surface area contributed by atoms with Crippen LogP contribution in [0.1, 0.15) is 16.8 Å². The van der Waals surface area contributed by atoms with E-state index < -0.39 is 26.9 Å². The van der Waals surface area contributed by atoms with Crippen LogP contribution in [0.2, 0.25) is 5.02 Å². The average molecular weight is 437 g/mol. The topological polar surface area (TPSA) is 119 Å². The molecule has 1 atom stereocenters. The summed E-state index contributed by atoms with van der Waals surface area (Å²) in [4.78, 5) is 24.0. The number of sulfone groups is 1. The van der Waals surface area contributed by atoms with Crippen LogP contribution in [0.15, 0.2) is 74.8 Å². The second-order valence-electron chi connectivity index (χ2n) is 5.98. The number of carbonyl (C=O) groups excluding carboxylic acids is 2. The summed E-state index contributed by atoms with van der Waals surface area (Å²) in [6.45, 7) is -0.324. The molecule has 0 aliphatic heterocycles. The highest BCUT2D eigenvalue weighted by Gasteiger charge is 2.32. The highest BCUT2D eigenvalue weighted by atomic mass is 35.5. The van der Waals surface area contributed by atoms with Crippen molar-refractivity contribution in [3.63, 3.8) is 0 Å². The van der Waals surface area contributed by atoms with Crippen molar-refractivity contribution in [3.05, 3.63) is 77.6 Å². The molecule has 2 amide bonds. The van der Waals surface area contributed by atoms with Crippen LogP contribution in [0.5, 0.6) is 0 Å². The molecule has 3 aromatic rings. The molecule has 8 nitrogen and oxygen atoms in total. The van der Waals surface area contributed by atoms with Crippen molar-refractivity contribution in [1.82, 2.24) is 10.6 Å². The summed E-state index contributed by atoms with van der Waals surface area (Å²) in [6.07, 6.45) is 2.77. The van der Waals surface area contributed by atoms with E-state index in [0.717, 1.165) is 0 Å². The van der Waals surface area contributed by atoms with E-state index in [4.69, 9.17) is 20.4 Å². The third-order valence-electron chi connectivity index (χ3n) is 4.03. The van der Waals surface area contributed by atoms with Crippen LogP contribution in [0.3, 0.4) is 0 Å². The fourth-order valence-electron chi connectivity index (χ4n) is 2.55. The fraction of sp³-hybridized carbons (Fsp3) is 0.158. The first kappa shape index (κ1) is 20.7. The van der Waals surface area contributed by atoms with Gasteiger partial charge >= 0.3 is 11.8 Å². The Morgan fingerprint density at radius 2 is 1.59 bits per heavy atom. The van der Waals surface area contributed by atoms with Gasteiger partial charge in [0.2, 0.25) is 0 Å². The zero-order chi connectivity index (χ0) is 20.9. The predicted molar refractivity (Wildman–Crippen MR) is 104 cm³/mol. The number of nitrogens with one attached hydrogen (secondary N) is 2. The summed E-state index contributed by atoms with van der Waals surface area (Å²) >= 11 is 5.82. The second-order valence-corrected chi connectivity index (χ2v) is 8.54. The molecule has 0 aliphatic rings. The van der Waals surface area contributed by atoms with Crippen molar-refractivity contribution in [2.45, 2.75) is 16.7 Å². The van der Waals surface area contributed by atoms with Crippen LogP contribution in [-0.2, 0) is 26.0 Å². The van der Waals surface area contributed by atoms with Gasteiger partial charge in [0.1, 0.15) is 16.8 Å². The van der Waals surface area contributed by atoms with E-state index in [0.29, 0.717) is 10.8 Å². The van der Waals surface area contributed by atoms with E-state index in [2.05, 4.69) is 10.6 Å². The minimum absolute atomic E-state index is 0.0137. The molecular weight excluding hydrogens is 420 g/mol. The highest BCUT2D eigenvalue weighted by Crippen LogP contribution is 2.29. The second kappa shape index (κ2) is 8.97. The van der Waals surface area contributed by atoms with Crippen LogP contribution < -0.4 is 10.6 Å². The SMILES string of the molecule is O=C(NCc1ccco1)C(=O)NCC(c1ccco1)S(=O)(=O)c1ccc(Cl)cc1. The van der Waals surface area contributed by atoms with Gasteiger partial charge in [-0.25, -0.2) is 8.42 Å². The predicted octanol–water partition coefficient (Wildman–Crippen LogP) is 2.47. The first-order chi connectivity index (χ1) is 13.9. The van der Waals surface area contributed by atoms with Crippen LogP contribution in [0.25, 0.3) is 0 Å². The Bertz CT molecular complexity index is 1060. The van der Waals surface area contributed by atoms with Crippen molar-refractivity contribution < 1.29 is 26.8 Å². The van der Waals surface area contributed by atoms with Crippen LogP contribution in [0, 0.1) is 0 Å². The van der Waals surface area contributed by atoms with Gasteiger partial charge in [-0.05, 0) is 48.5 Å². The number of halogens is 1. The minimum Gasteiger partial charge on any atom is -0.468 e.